The fourth-order valence-corrected chi connectivity index (χ4v) is 2.84. The van der Waals surface area contributed by atoms with E-state index in [1.807, 2.05) is 75.4 Å². The highest BCUT2D eigenvalue weighted by atomic mass is 35.5. The first-order chi connectivity index (χ1) is 12.9. The Balaban J connectivity index is 1.89. The van der Waals surface area contributed by atoms with Gasteiger partial charge < -0.3 is 14.8 Å². The van der Waals surface area contributed by atoms with Crippen LogP contribution in [0.5, 0.6) is 5.75 Å². The molecule has 1 atom stereocenters. The second kappa shape index (κ2) is 10.2. The average Bonchev–Trinajstić information content (AvgIpc) is 2.60. The number of ether oxygens (including phenoxy) is 2. The molecule has 0 saturated heterocycles. The van der Waals surface area contributed by atoms with Gasteiger partial charge in [0.05, 0.1) is 0 Å². The van der Waals surface area contributed by atoms with Crippen molar-refractivity contribution in [3.8, 4) is 5.75 Å². The molecule has 2 rings (SSSR count). The molecule has 27 heavy (non-hydrogen) atoms. The lowest BCUT2D eigenvalue weighted by Gasteiger charge is -2.23. The first kappa shape index (κ1) is 21.1. The molecule has 146 valence electrons. The molecule has 0 aliphatic heterocycles. The summed E-state index contributed by atoms with van der Waals surface area (Å²) in [6.07, 6.45) is 0.943. The standard InChI is InChI=1S/C22H28ClNO3/c1-22(2,3)27-21(25)24-19(13-14-23)15-17-9-11-20(12-10-17)26-16-18-7-5-4-6-8-18/h4-12,19H,13-16H2,1-3H3,(H,24,25)/t19-/m1/s1. The van der Waals surface area contributed by atoms with Gasteiger partial charge >= 0.3 is 6.09 Å². The van der Waals surface area contributed by atoms with Gasteiger partial charge in [0.1, 0.15) is 18.0 Å². The minimum absolute atomic E-state index is 0.0755. The monoisotopic (exact) mass is 389 g/mol. The van der Waals surface area contributed by atoms with Gasteiger partial charge in [0, 0.05) is 11.9 Å². The number of alkyl carbamates (subject to hydrolysis) is 1. The van der Waals surface area contributed by atoms with Crippen molar-refractivity contribution in [1.29, 1.82) is 0 Å². The lowest BCUT2D eigenvalue weighted by molar-refractivity contribution is 0.0503. The van der Waals surface area contributed by atoms with Gasteiger partial charge in [0.2, 0.25) is 0 Å². The van der Waals surface area contributed by atoms with Crippen LogP contribution in [0.4, 0.5) is 4.79 Å². The van der Waals surface area contributed by atoms with E-state index in [0.717, 1.165) is 16.9 Å². The summed E-state index contributed by atoms with van der Waals surface area (Å²) in [7, 11) is 0. The second-order valence-corrected chi connectivity index (χ2v) is 7.82. The molecule has 2 aromatic carbocycles. The number of hydrogen-bond donors (Lipinski definition) is 1. The van der Waals surface area contributed by atoms with E-state index in [1.54, 1.807) is 0 Å². The molecule has 0 fully saturated rings. The minimum atomic E-state index is -0.520. The summed E-state index contributed by atoms with van der Waals surface area (Å²) in [5, 5.41) is 2.91. The molecule has 1 N–H and O–H groups in total. The number of carbonyl (C=O) groups is 1. The molecular formula is C22H28ClNO3. The normalized spacial score (nSPS) is 12.3. The molecule has 0 bridgehead atoms. The van der Waals surface area contributed by atoms with Gasteiger partial charge in [0.25, 0.3) is 0 Å². The molecule has 4 nitrogen and oxygen atoms in total. The van der Waals surface area contributed by atoms with Crippen molar-refractivity contribution < 1.29 is 14.3 Å². The van der Waals surface area contributed by atoms with Gasteiger partial charge in [-0.1, -0.05) is 42.5 Å². The van der Waals surface area contributed by atoms with Crippen LogP contribution in [-0.4, -0.2) is 23.6 Å². The van der Waals surface area contributed by atoms with Crippen LogP contribution in [0.3, 0.4) is 0 Å². The predicted octanol–water partition coefficient (Wildman–Crippen LogP) is 5.33. The largest absolute Gasteiger partial charge is 0.489 e. The molecular weight excluding hydrogens is 362 g/mol. The fourth-order valence-electron chi connectivity index (χ4n) is 2.58. The Bertz CT molecular complexity index is 696. The Hall–Kier alpha value is -2.20. The number of carbonyl (C=O) groups excluding carboxylic acids is 1. The van der Waals surface area contributed by atoms with Crippen LogP contribution in [0.1, 0.15) is 38.3 Å². The smallest absolute Gasteiger partial charge is 0.407 e. The summed E-state index contributed by atoms with van der Waals surface area (Å²) >= 11 is 5.89. The van der Waals surface area contributed by atoms with E-state index in [-0.39, 0.29) is 6.04 Å². The van der Waals surface area contributed by atoms with Crippen LogP contribution in [0, 0.1) is 0 Å². The van der Waals surface area contributed by atoms with E-state index in [9.17, 15) is 4.79 Å². The molecule has 0 radical (unpaired) electrons. The third-order valence-corrected chi connectivity index (χ3v) is 4.05. The Morgan fingerprint density at radius 3 is 2.30 bits per heavy atom. The number of alkyl halides is 1. The third kappa shape index (κ3) is 8.35. The highest BCUT2D eigenvalue weighted by Gasteiger charge is 2.19. The molecule has 0 saturated carbocycles. The molecule has 5 heteroatoms. The zero-order valence-electron chi connectivity index (χ0n) is 16.2. The van der Waals surface area contributed by atoms with Gasteiger partial charge in [-0.05, 0) is 56.9 Å². The van der Waals surface area contributed by atoms with E-state index in [2.05, 4.69) is 5.32 Å². The van der Waals surface area contributed by atoms with E-state index >= 15 is 0 Å². The van der Waals surface area contributed by atoms with E-state index < -0.39 is 11.7 Å². The number of rotatable bonds is 8. The van der Waals surface area contributed by atoms with Gasteiger partial charge in [0.15, 0.2) is 0 Å². The van der Waals surface area contributed by atoms with Crippen LogP contribution in [0.15, 0.2) is 54.6 Å². The summed E-state index contributed by atoms with van der Waals surface area (Å²) in [4.78, 5) is 12.0. The Morgan fingerprint density at radius 2 is 1.70 bits per heavy atom. The summed E-state index contributed by atoms with van der Waals surface area (Å²) in [5.74, 6) is 1.29. The van der Waals surface area contributed by atoms with Crippen molar-refractivity contribution in [2.24, 2.45) is 0 Å². The van der Waals surface area contributed by atoms with Crippen LogP contribution in [0.2, 0.25) is 0 Å². The predicted molar refractivity (Wildman–Crippen MR) is 109 cm³/mol. The summed E-state index contributed by atoms with van der Waals surface area (Å²) in [6.45, 7) is 6.07. The van der Waals surface area contributed by atoms with E-state index in [4.69, 9.17) is 21.1 Å². The number of amides is 1. The highest BCUT2D eigenvalue weighted by Crippen LogP contribution is 2.16. The van der Waals surface area contributed by atoms with Crippen LogP contribution in [0.25, 0.3) is 0 Å². The Labute approximate surface area is 166 Å². The summed E-state index contributed by atoms with van der Waals surface area (Å²) < 4.78 is 11.1. The molecule has 0 heterocycles. The zero-order valence-corrected chi connectivity index (χ0v) is 17.0. The van der Waals surface area contributed by atoms with Crippen molar-refractivity contribution in [1.82, 2.24) is 5.32 Å². The number of nitrogens with one attached hydrogen (secondary N) is 1. The van der Waals surface area contributed by atoms with Crippen LogP contribution >= 0.6 is 11.6 Å². The second-order valence-electron chi connectivity index (χ2n) is 7.44. The molecule has 1 amide bonds. The van der Waals surface area contributed by atoms with E-state index in [1.165, 1.54) is 0 Å². The van der Waals surface area contributed by atoms with Crippen molar-refractivity contribution >= 4 is 17.7 Å². The first-order valence-electron chi connectivity index (χ1n) is 9.17. The van der Waals surface area contributed by atoms with E-state index in [0.29, 0.717) is 25.3 Å². The lowest BCUT2D eigenvalue weighted by atomic mass is 10.0. The van der Waals surface area contributed by atoms with Crippen molar-refractivity contribution in [3.05, 3.63) is 65.7 Å². The Kier molecular flexibility index (Phi) is 7.99. The lowest BCUT2D eigenvalue weighted by Crippen LogP contribution is -2.40. The molecule has 0 unspecified atom stereocenters. The number of benzene rings is 2. The summed E-state index contributed by atoms with van der Waals surface area (Å²) in [6, 6.07) is 17.9. The Morgan fingerprint density at radius 1 is 1.04 bits per heavy atom. The molecule has 0 spiro atoms. The zero-order chi connectivity index (χ0) is 19.7. The topological polar surface area (TPSA) is 47.6 Å². The maximum Gasteiger partial charge on any atom is 0.407 e. The van der Waals surface area contributed by atoms with Crippen LogP contribution in [-0.2, 0) is 17.8 Å². The van der Waals surface area contributed by atoms with Gasteiger partial charge in [-0.3, -0.25) is 0 Å². The summed E-state index contributed by atoms with van der Waals surface area (Å²) in [5.41, 5.74) is 1.71. The molecule has 0 aliphatic rings. The van der Waals surface area contributed by atoms with Crippen molar-refractivity contribution in [3.63, 3.8) is 0 Å². The highest BCUT2D eigenvalue weighted by molar-refractivity contribution is 6.17. The molecule has 2 aromatic rings. The fraction of sp³-hybridized carbons (Fsp3) is 0.409. The average molecular weight is 390 g/mol. The molecule has 0 aromatic heterocycles. The maximum atomic E-state index is 12.0. The number of halogens is 1. The third-order valence-electron chi connectivity index (χ3n) is 3.83. The first-order valence-corrected chi connectivity index (χ1v) is 9.70. The molecule has 0 aliphatic carbocycles. The van der Waals surface area contributed by atoms with Gasteiger partial charge in [-0.15, -0.1) is 11.6 Å². The van der Waals surface area contributed by atoms with Crippen LogP contribution < -0.4 is 10.1 Å². The number of hydrogen-bond acceptors (Lipinski definition) is 3. The van der Waals surface area contributed by atoms with Crippen molar-refractivity contribution in [2.75, 3.05) is 5.88 Å². The minimum Gasteiger partial charge on any atom is -0.489 e. The quantitative estimate of drug-likeness (QED) is 0.620. The van der Waals surface area contributed by atoms with Gasteiger partial charge in [-0.25, -0.2) is 4.79 Å². The van der Waals surface area contributed by atoms with Gasteiger partial charge in [-0.2, -0.15) is 0 Å². The maximum absolute atomic E-state index is 12.0. The SMILES string of the molecule is CC(C)(C)OC(=O)N[C@H](CCCl)Cc1ccc(OCc2ccccc2)cc1. The van der Waals surface area contributed by atoms with Crippen molar-refractivity contribution in [2.45, 2.75) is 51.9 Å².